The van der Waals surface area contributed by atoms with Gasteiger partial charge in [-0.1, -0.05) is 12.1 Å². The Balaban J connectivity index is 2.01. The third-order valence-corrected chi connectivity index (χ3v) is 3.13. The summed E-state index contributed by atoms with van der Waals surface area (Å²) in [5.41, 5.74) is 1.98. The van der Waals surface area contributed by atoms with Gasteiger partial charge in [-0.2, -0.15) is 5.10 Å². The van der Waals surface area contributed by atoms with Gasteiger partial charge in [0.2, 0.25) is 0 Å². The number of ether oxygens (including phenoxy) is 3. The number of hydrogen-bond donors (Lipinski definition) is 1. The molecule has 1 aromatic heterocycles. The van der Waals surface area contributed by atoms with E-state index in [0.717, 1.165) is 29.3 Å². The Morgan fingerprint density at radius 1 is 1.19 bits per heavy atom. The normalized spacial score (nSPS) is 10.4. The number of methoxy groups -OCH3 is 3. The first-order valence-corrected chi connectivity index (χ1v) is 6.73. The predicted molar refractivity (Wildman–Crippen MR) is 81.0 cm³/mol. The monoisotopic (exact) mass is 291 g/mol. The maximum atomic E-state index is 5.41. The van der Waals surface area contributed by atoms with Crippen molar-refractivity contribution in [3.8, 4) is 11.5 Å². The van der Waals surface area contributed by atoms with Crippen LogP contribution in [-0.2, 0) is 17.8 Å². The third-order valence-electron chi connectivity index (χ3n) is 3.13. The van der Waals surface area contributed by atoms with E-state index in [-0.39, 0.29) is 0 Å². The number of benzene rings is 1. The fourth-order valence-electron chi connectivity index (χ4n) is 2.05. The second-order valence-electron chi connectivity index (χ2n) is 4.49. The lowest BCUT2D eigenvalue weighted by atomic mass is 10.2. The number of hydrogen-bond acceptors (Lipinski definition) is 5. The van der Waals surface area contributed by atoms with Crippen molar-refractivity contribution in [3.05, 3.63) is 36.2 Å². The quantitative estimate of drug-likeness (QED) is 0.807. The van der Waals surface area contributed by atoms with Crippen LogP contribution < -0.4 is 14.8 Å². The Labute approximate surface area is 124 Å². The van der Waals surface area contributed by atoms with Gasteiger partial charge in [-0.3, -0.25) is 4.68 Å². The summed E-state index contributed by atoms with van der Waals surface area (Å²) < 4.78 is 17.6. The second kappa shape index (κ2) is 7.54. The molecule has 0 saturated heterocycles. The van der Waals surface area contributed by atoms with E-state index in [4.69, 9.17) is 14.2 Å². The Morgan fingerprint density at radius 3 is 2.76 bits per heavy atom. The Hall–Kier alpha value is -2.21. The molecule has 0 spiro atoms. The minimum atomic E-state index is 0.635. The van der Waals surface area contributed by atoms with Crippen LogP contribution in [0.15, 0.2) is 30.6 Å². The molecular formula is C15H21N3O3. The summed E-state index contributed by atoms with van der Waals surface area (Å²) in [5, 5.41) is 7.58. The van der Waals surface area contributed by atoms with Crippen LogP contribution >= 0.6 is 0 Å². The Kier molecular flexibility index (Phi) is 5.45. The van der Waals surface area contributed by atoms with Crippen molar-refractivity contribution in [1.29, 1.82) is 0 Å². The van der Waals surface area contributed by atoms with Crippen molar-refractivity contribution >= 4 is 5.69 Å². The van der Waals surface area contributed by atoms with E-state index >= 15 is 0 Å². The topological polar surface area (TPSA) is 57.5 Å². The van der Waals surface area contributed by atoms with Gasteiger partial charge in [-0.25, -0.2) is 0 Å². The van der Waals surface area contributed by atoms with Crippen molar-refractivity contribution in [1.82, 2.24) is 9.78 Å². The molecule has 6 nitrogen and oxygen atoms in total. The van der Waals surface area contributed by atoms with Crippen LogP contribution in [0.25, 0.3) is 0 Å². The molecule has 0 aliphatic rings. The van der Waals surface area contributed by atoms with E-state index in [0.29, 0.717) is 13.2 Å². The van der Waals surface area contributed by atoms with Crippen molar-refractivity contribution in [2.45, 2.75) is 13.1 Å². The zero-order valence-electron chi connectivity index (χ0n) is 12.6. The molecule has 114 valence electrons. The molecule has 0 amide bonds. The molecule has 0 saturated carbocycles. The average Bonchev–Trinajstić information content (AvgIpc) is 2.98. The van der Waals surface area contributed by atoms with Crippen molar-refractivity contribution < 1.29 is 14.2 Å². The molecule has 0 aliphatic heterocycles. The summed E-state index contributed by atoms with van der Waals surface area (Å²) in [7, 11) is 4.96. The Bertz CT molecular complexity index is 569. The first kappa shape index (κ1) is 15.2. The van der Waals surface area contributed by atoms with Gasteiger partial charge in [0.15, 0.2) is 11.5 Å². The molecule has 1 aromatic carbocycles. The van der Waals surface area contributed by atoms with E-state index < -0.39 is 0 Å². The van der Waals surface area contributed by atoms with Crippen LogP contribution in [0.1, 0.15) is 5.56 Å². The molecule has 2 rings (SSSR count). The van der Waals surface area contributed by atoms with Gasteiger partial charge in [-0.05, 0) is 6.07 Å². The molecular weight excluding hydrogens is 270 g/mol. The first-order chi connectivity index (χ1) is 10.3. The minimum Gasteiger partial charge on any atom is -0.493 e. The summed E-state index contributed by atoms with van der Waals surface area (Å²) in [4.78, 5) is 0. The number of nitrogens with zero attached hydrogens (tertiary/aromatic N) is 2. The summed E-state index contributed by atoms with van der Waals surface area (Å²) in [5.74, 6) is 1.48. The highest BCUT2D eigenvalue weighted by Gasteiger charge is 2.09. The summed E-state index contributed by atoms with van der Waals surface area (Å²) in [6, 6.07) is 5.83. The van der Waals surface area contributed by atoms with Crippen LogP contribution in [0.2, 0.25) is 0 Å². The van der Waals surface area contributed by atoms with E-state index in [1.54, 1.807) is 27.5 Å². The molecule has 0 bridgehead atoms. The van der Waals surface area contributed by atoms with Crippen LogP contribution in [0.4, 0.5) is 5.69 Å². The number of nitrogens with one attached hydrogen (secondary N) is 1. The lowest BCUT2D eigenvalue weighted by molar-refractivity contribution is 0.183. The average molecular weight is 291 g/mol. The van der Waals surface area contributed by atoms with Gasteiger partial charge in [0, 0.05) is 25.4 Å². The Morgan fingerprint density at radius 2 is 2.05 bits per heavy atom. The predicted octanol–water partition coefficient (Wildman–Crippen LogP) is 2.16. The van der Waals surface area contributed by atoms with Gasteiger partial charge in [0.25, 0.3) is 0 Å². The van der Waals surface area contributed by atoms with Gasteiger partial charge in [-0.15, -0.1) is 0 Å². The smallest absolute Gasteiger partial charge is 0.165 e. The molecule has 6 heteroatoms. The zero-order chi connectivity index (χ0) is 15.1. The molecule has 1 N–H and O–H groups in total. The van der Waals surface area contributed by atoms with Crippen LogP contribution in [0, 0.1) is 0 Å². The van der Waals surface area contributed by atoms with E-state index in [1.165, 1.54) is 0 Å². The van der Waals surface area contributed by atoms with E-state index in [9.17, 15) is 0 Å². The zero-order valence-corrected chi connectivity index (χ0v) is 12.6. The standard InChI is InChI=1S/C15H21N3O3/c1-19-8-7-18-11-13(10-17-18)16-9-12-5-4-6-14(20-2)15(12)21-3/h4-6,10-11,16H,7-9H2,1-3H3. The van der Waals surface area contributed by atoms with E-state index in [2.05, 4.69) is 10.4 Å². The third kappa shape index (κ3) is 3.88. The lowest BCUT2D eigenvalue weighted by Crippen LogP contribution is -2.04. The van der Waals surface area contributed by atoms with Crippen LogP contribution in [0.3, 0.4) is 0 Å². The first-order valence-electron chi connectivity index (χ1n) is 6.73. The summed E-state index contributed by atoms with van der Waals surface area (Å²) in [6.45, 7) is 2.02. The van der Waals surface area contributed by atoms with Gasteiger partial charge in [0.05, 0.1) is 39.3 Å². The van der Waals surface area contributed by atoms with Gasteiger partial charge < -0.3 is 19.5 Å². The number of anilines is 1. The van der Waals surface area contributed by atoms with Crippen molar-refractivity contribution in [2.24, 2.45) is 0 Å². The van der Waals surface area contributed by atoms with Gasteiger partial charge in [0.1, 0.15) is 0 Å². The molecule has 0 aliphatic carbocycles. The van der Waals surface area contributed by atoms with Crippen LogP contribution in [0.5, 0.6) is 11.5 Å². The molecule has 0 fully saturated rings. The van der Waals surface area contributed by atoms with E-state index in [1.807, 2.05) is 29.1 Å². The summed E-state index contributed by atoms with van der Waals surface area (Å²) in [6.07, 6.45) is 3.74. The van der Waals surface area contributed by atoms with Gasteiger partial charge >= 0.3 is 0 Å². The van der Waals surface area contributed by atoms with Crippen molar-refractivity contribution in [2.75, 3.05) is 33.3 Å². The fraction of sp³-hybridized carbons (Fsp3) is 0.400. The molecule has 0 unspecified atom stereocenters. The largest absolute Gasteiger partial charge is 0.493 e. The minimum absolute atomic E-state index is 0.635. The van der Waals surface area contributed by atoms with Crippen molar-refractivity contribution in [3.63, 3.8) is 0 Å². The highest BCUT2D eigenvalue weighted by Crippen LogP contribution is 2.31. The highest BCUT2D eigenvalue weighted by molar-refractivity contribution is 5.49. The molecule has 1 heterocycles. The van der Waals surface area contributed by atoms with Crippen LogP contribution in [-0.4, -0.2) is 37.7 Å². The molecule has 0 atom stereocenters. The number of rotatable bonds is 8. The second-order valence-corrected chi connectivity index (χ2v) is 4.49. The summed E-state index contributed by atoms with van der Waals surface area (Å²) >= 11 is 0. The number of para-hydroxylation sites is 1. The molecule has 21 heavy (non-hydrogen) atoms. The lowest BCUT2D eigenvalue weighted by Gasteiger charge is -2.12. The maximum absolute atomic E-state index is 5.41. The number of aromatic nitrogens is 2. The SMILES string of the molecule is COCCn1cc(NCc2cccc(OC)c2OC)cn1. The molecule has 0 radical (unpaired) electrons. The molecule has 2 aromatic rings. The highest BCUT2D eigenvalue weighted by atomic mass is 16.5. The maximum Gasteiger partial charge on any atom is 0.165 e. The fourth-order valence-corrected chi connectivity index (χ4v) is 2.05.